The molecule has 2 aromatic carbocycles. The van der Waals surface area contributed by atoms with Gasteiger partial charge >= 0.3 is 5.97 Å². The second kappa shape index (κ2) is 7.42. The van der Waals surface area contributed by atoms with Crippen molar-refractivity contribution in [2.75, 3.05) is 20.1 Å². The predicted octanol–water partition coefficient (Wildman–Crippen LogP) is 3.53. The van der Waals surface area contributed by atoms with Crippen LogP contribution in [0, 0.1) is 0 Å². The largest absolute Gasteiger partial charge is 0.462 e. The van der Waals surface area contributed by atoms with Crippen molar-refractivity contribution in [2.45, 2.75) is 25.4 Å². The third-order valence-electron chi connectivity index (χ3n) is 4.40. The molecule has 0 N–H and O–H groups in total. The van der Waals surface area contributed by atoms with E-state index in [9.17, 15) is 4.79 Å². The molecule has 0 unspecified atom stereocenters. The van der Waals surface area contributed by atoms with Crippen LogP contribution in [0.2, 0.25) is 0 Å². The van der Waals surface area contributed by atoms with E-state index in [2.05, 4.69) is 30.1 Å². The molecule has 1 fully saturated rings. The van der Waals surface area contributed by atoms with E-state index in [4.69, 9.17) is 4.74 Å². The number of benzene rings is 2. The Morgan fingerprint density at radius 1 is 1.04 bits per heavy atom. The van der Waals surface area contributed by atoms with E-state index in [0.717, 1.165) is 42.6 Å². The van der Waals surface area contributed by atoms with Gasteiger partial charge in [-0.05, 0) is 36.6 Å². The van der Waals surface area contributed by atoms with Gasteiger partial charge in [-0.2, -0.15) is 0 Å². The van der Waals surface area contributed by atoms with Crippen LogP contribution in [-0.2, 0) is 16.0 Å². The highest BCUT2D eigenvalue weighted by Gasteiger charge is 2.20. The summed E-state index contributed by atoms with van der Waals surface area (Å²) in [7, 11) is 2.11. The Bertz CT molecular complexity index is 646. The van der Waals surface area contributed by atoms with E-state index in [1.807, 2.05) is 36.4 Å². The average molecular weight is 309 g/mol. The molecule has 1 heterocycles. The van der Waals surface area contributed by atoms with Gasteiger partial charge in [-0.3, -0.25) is 4.79 Å². The molecule has 0 aliphatic carbocycles. The molecule has 0 amide bonds. The quantitative estimate of drug-likeness (QED) is 0.809. The van der Waals surface area contributed by atoms with Crippen LogP contribution in [0.5, 0.6) is 0 Å². The maximum atomic E-state index is 12.3. The third kappa shape index (κ3) is 4.20. The van der Waals surface area contributed by atoms with Gasteiger partial charge in [-0.25, -0.2) is 0 Å². The fourth-order valence-electron chi connectivity index (χ4n) is 3.06. The Labute approximate surface area is 137 Å². The molecule has 0 aromatic heterocycles. The molecular weight excluding hydrogens is 286 g/mol. The van der Waals surface area contributed by atoms with Crippen LogP contribution in [0.1, 0.15) is 18.4 Å². The summed E-state index contributed by atoms with van der Waals surface area (Å²) in [6.07, 6.45) is 2.27. The zero-order valence-corrected chi connectivity index (χ0v) is 13.6. The van der Waals surface area contributed by atoms with Crippen LogP contribution in [0.3, 0.4) is 0 Å². The highest BCUT2D eigenvalue weighted by molar-refractivity contribution is 5.78. The van der Waals surface area contributed by atoms with Crippen molar-refractivity contribution in [2.24, 2.45) is 0 Å². The molecule has 0 bridgehead atoms. The lowest BCUT2D eigenvalue weighted by molar-refractivity contribution is -0.150. The molecule has 3 nitrogen and oxygen atoms in total. The topological polar surface area (TPSA) is 29.5 Å². The molecule has 23 heavy (non-hydrogen) atoms. The van der Waals surface area contributed by atoms with Crippen molar-refractivity contribution in [3.05, 3.63) is 60.2 Å². The summed E-state index contributed by atoms with van der Waals surface area (Å²) < 4.78 is 5.67. The minimum absolute atomic E-state index is 0.0718. The number of rotatable bonds is 4. The van der Waals surface area contributed by atoms with Crippen LogP contribution >= 0.6 is 0 Å². The first-order valence-electron chi connectivity index (χ1n) is 8.24. The summed E-state index contributed by atoms with van der Waals surface area (Å²) in [4.78, 5) is 14.6. The molecule has 3 heteroatoms. The monoisotopic (exact) mass is 309 g/mol. The summed E-state index contributed by atoms with van der Waals surface area (Å²) in [5.41, 5.74) is 3.26. The standard InChI is InChI=1S/C20H23NO2/c1-21-13-11-18(12-14-21)23-20(22)15-17-9-5-6-10-19(17)16-7-3-2-4-8-16/h2-10,18H,11-15H2,1H3. The van der Waals surface area contributed by atoms with Gasteiger partial charge in [-0.1, -0.05) is 54.6 Å². The molecule has 2 aromatic rings. The average Bonchev–Trinajstić information content (AvgIpc) is 2.58. The van der Waals surface area contributed by atoms with Crippen LogP contribution in [0.4, 0.5) is 0 Å². The zero-order chi connectivity index (χ0) is 16.1. The molecule has 0 atom stereocenters. The smallest absolute Gasteiger partial charge is 0.310 e. The lowest BCUT2D eigenvalue weighted by Gasteiger charge is -2.28. The normalized spacial score (nSPS) is 16.2. The summed E-state index contributed by atoms with van der Waals surface area (Å²) in [5, 5.41) is 0. The second-order valence-corrected chi connectivity index (χ2v) is 6.19. The Hall–Kier alpha value is -2.13. The van der Waals surface area contributed by atoms with E-state index in [1.165, 1.54) is 0 Å². The number of hydrogen-bond donors (Lipinski definition) is 0. The van der Waals surface area contributed by atoms with Crippen molar-refractivity contribution in [1.82, 2.24) is 4.90 Å². The van der Waals surface area contributed by atoms with E-state index < -0.39 is 0 Å². The highest BCUT2D eigenvalue weighted by atomic mass is 16.5. The Morgan fingerprint density at radius 3 is 2.43 bits per heavy atom. The molecule has 0 saturated carbocycles. The number of carbonyl (C=O) groups excluding carboxylic acids is 1. The molecule has 120 valence electrons. The van der Waals surface area contributed by atoms with Crippen molar-refractivity contribution >= 4 is 5.97 Å². The van der Waals surface area contributed by atoms with Crippen LogP contribution in [-0.4, -0.2) is 37.1 Å². The van der Waals surface area contributed by atoms with Gasteiger partial charge in [0.1, 0.15) is 6.10 Å². The maximum absolute atomic E-state index is 12.3. The molecule has 1 aliphatic rings. The fourth-order valence-corrected chi connectivity index (χ4v) is 3.06. The van der Waals surface area contributed by atoms with Gasteiger partial charge in [0, 0.05) is 13.1 Å². The number of nitrogens with zero attached hydrogens (tertiary/aromatic N) is 1. The second-order valence-electron chi connectivity index (χ2n) is 6.19. The zero-order valence-electron chi connectivity index (χ0n) is 13.6. The van der Waals surface area contributed by atoms with Gasteiger partial charge in [0.05, 0.1) is 6.42 Å². The summed E-state index contributed by atoms with van der Waals surface area (Å²) in [6, 6.07) is 18.2. The summed E-state index contributed by atoms with van der Waals surface area (Å²) in [6.45, 7) is 2.00. The van der Waals surface area contributed by atoms with E-state index in [-0.39, 0.29) is 12.1 Å². The number of esters is 1. The number of carbonyl (C=O) groups is 1. The Morgan fingerprint density at radius 2 is 1.70 bits per heavy atom. The van der Waals surface area contributed by atoms with Crippen molar-refractivity contribution in [1.29, 1.82) is 0 Å². The van der Waals surface area contributed by atoms with Gasteiger partial charge in [0.15, 0.2) is 0 Å². The Balaban J connectivity index is 1.67. The lowest BCUT2D eigenvalue weighted by Crippen LogP contribution is -2.35. The van der Waals surface area contributed by atoms with Crippen LogP contribution < -0.4 is 0 Å². The molecular formula is C20H23NO2. The van der Waals surface area contributed by atoms with Gasteiger partial charge in [0.2, 0.25) is 0 Å². The molecule has 1 aliphatic heterocycles. The summed E-state index contributed by atoms with van der Waals surface area (Å²) >= 11 is 0. The molecule has 1 saturated heterocycles. The van der Waals surface area contributed by atoms with E-state index >= 15 is 0 Å². The van der Waals surface area contributed by atoms with Crippen LogP contribution in [0.25, 0.3) is 11.1 Å². The first-order chi connectivity index (χ1) is 11.2. The maximum Gasteiger partial charge on any atom is 0.310 e. The minimum Gasteiger partial charge on any atom is -0.462 e. The van der Waals surface area contributed by atoms with Crippen LogP contribution in [0.15, 0.2) is 54.6 Å². The fraction of sp³-hybridized carbons (Fsp3) is 0.350. The third-order valence-corrected chi connectivity index (χ3v) is 4.40. The van der Waals surface area contributed by atoms with Crippen molar-refractivity contribution in [3.8, 4) is 11.1 Å². The van der Waals surface area contributed by atoms with Crippen molar-refractivity contribution < 1.29 is 9.53 Å². The number of likely N-dealkylation sites (tertiary alicyclic amines) is 1. The van der Waals surface area contributed by atoms with Crippen molar-refractivity contribution in [3.63, 3.8) is 0 Å². The SMILES string of the molecule is CN1CCC(OC(=O)Cc2ccccc2-c2ccccc2)CC1. The van der Waals surface area contributed by atoms with E-state index in [1.54, 1.807) is 0 Å². The van der Waals surface area contributed by atoms with E-state index in [0.29, 0.717) is 6.42 Å². The molecule has 0 radical (unpaired) electrons. The Kier molecular flexibility index (Phi) is 5.09. The van der Waals surface area contributed by atoms with Gasteiger partial charge < -0.3 is 9.64 Å². The predicted molar refractivity (Wildman–Crippen MR) is 92.2 cm³/mol. The molecule has 0 spiro atoms. The van der Waals surface area contributed by atoms with Gasteiger partial charge in [0.25, 0.3) is 0 Å². The lowest BCUT2D eigenvalue weighted by atomic mass is 9.98. The highest BCUT2D eigenvalue weighted by Crippen LogP contribution is 2.24. The molecule has 3 rings (SSSR count). The summed E-state index contributed by atoms with van der Waals surface area (Å²) in [5.74, 6) is -0.122. The first-order valence-corrected chi connectivity index (χ1v) is 8.24. The number of ether oxygens (including phenoxy) is 1. The number of piperidine rings is 1. The minimum atomic E-state index is -0.122. The first kappa shape index (κ1) is 15.8. The van der Waals surface area contributed by atoms with Gasteiger partial charge in [-0.15, -0.1) is 0 Å². The number of hydrogen-bond acceptors (Lipinski definition) is 3.